The topological polar surface area (TPSA) is 47.6 Å². The largest absolute Gasteiger partial charge is 0.484 e. The van der Waals surface area contributed by atoms with Crippen LogP contribution in [-0.4, -0.2) is 12.5 Å². The fourth-order valence-corrected chi connectivity index (χ4v) is 1.84. The summed E-state index contributed by atoms with van der Waals surface area (Å²) in [6, 6.07) is 17.1. The van der Waals surface area contributed by atoms with Gasteiger partial charge in [-0.25, -0.2) is 5.48 Å². The highest BCUT2D eigenvalue weighted by atomic mass is 127. The first-order chi connectivity index (χ1) is 9.74. The van der Waals surface area contributed by atoms with Gasteiger partial charge in [0.05, 0.1) is 6.61 Å². The lowest BCUT2D eigenvalue weighted by Gasteiger charge is -2.07. The summed E-state index contributed by atoms with van der Waals surface area (Å²) in [6.45, 7) is 0.255. The van der Waals surface area contributed by atoms with E-state index in [1.54, 1.807) is 0 Å². The Morgan fingerprint density at radius 2 is 1.75 bits per heavy atom. The number of halogens is 1. The van der Waals surface area contributed by atoms with Crippen LogP contribution in [0.2, 0.25) is 0 Å². The molecule has 0 aliphatic rings. The molecule has 0 aliphatic carbocycles. The summed E-state index contributed by atoms with van der Waals surface area (Å²) in [5.41, 5.74) is 3.34. The molecule has 0 saturated carbocycles. The normalized spacial score (nSPS) is 10.1. The zero-order chi connectivity index (χ0) is 14.2. The fourth-order valence-electron chi connectivity index (χ4n) is 1.48. The molecular formula is C15H14INO3. The SMILES string of the molecule is O=C(COc1ccc(I)cc1)NOCc1ccccc1. The average molecular weight is 383 g/mol. The van der Waals surface area contributed by atoms with Gasteiger partial charge in [0.1, 0.15) is 5.75 Å². The first-order valence-electron chi connectivity index (χ1n) is 6.07. The maximum atomic E-state index is 11.5. The molecule has 2 aromatic carbocycles. The van der Waals surface area contributed by atoms with Crippen LogP contribution in [0.1, 0.15) is 5.56 Å². The smallest absolute Gasteiger partial charge is 0.281 e. The molecule has 0 bridgehead atoms. The number of benzene rings is 2. The number of hydrogen-bond acceptors (Lipinski definition) is 3. The zero-order valence-electron chi connectivity index (χ0n) is 10.7. The zero-order valence-corrected chi connectivity index (χ0v) is 12.9. The molecule has 104 valence electrons. The molecule has 0 aromatic heterocycles. The molecule has 4 nitrogen and oxygen atoms in total. The van der Waals surface area contributed by atoms with Crippen LogP contribution in [-0.2, 0) is 16.2 Å². The van der Waals surface area contributed by atoms with Crippen LogP contribution in [0.25, 0.3) is 0 Å². The third-order valence-electron chi connectivity index (χ3n) is 2.45. The van der Waals surface area contributed by atoms with E-state index in [2.05, 4.69) is 28.1 Å². The Morgan fingerprint density at radius 1 is 1.05 bits per heavy atom. The van der Waals surface area contributed by atoms with Crippen molar-refractivity contribution in [2.24, 2.45) is 0 Å². The van der Waals surface area contributed by atoms with Gasteiger partial charge in [-0.3, -0.25) is 9.63 Å². The van der Waals surface area contributed by atoms with E-state index in [0.717, 1.165) is 9.13 Å². The molecule has 0 saturated heterocycles. The summed E-state index contributed by atoms with van der Waals surface area (Å²) < 4.78 is 6.45. The van der Waals surface area contributed by atoms with Crippen molar-refractivity contribution in [2.45, 2.75) is 6.61 Å². The lowest BCUT2D eigenvalue weighted by molar-refractivity contribution is -0.136. The molecule has 20 heavy (non-hydrogen) atoms. The number of carbonyl (C=O) groups excluding carboxylic acids is 1. The Bertz CT molecular complexity index is 543. The molecule has 0 radical (unpaired) electrons. The number of hydroxylamine groups is 1. The summed E-state index contributed by atoms with van der Waals surface area (Å²) in [5.74, 6) is 0.336. The van der Waals surface area contributed by atoms with Crippen molar-refractivity contribution in [3.05, 3.63) is 63.7 Å². The Labute approximate surface area is 131 Å². The summed E-state index contributed by atoms with van der Waals surface area (Å²) in [7, 11) is 0. The van der Waals surface area contributed by atoms with Gasteiger partial charge in [-0.05, 0) is 52.4 Å². The van der Waals surface area contributed by atoms with E-state index in [1.807, 2.05) is 54.6 Å². The highest BCUT2D eigenvalue weighted by Gasteiger charge is 2.03. The van der Waals surface area contributed by atoms with Gasteiger partial charge in [-0.15, -0.1) is 0 Å². The van der Waals surface area contributed by atoms with Gasteiger partial charge in [-0.1, -0.05) is 30.3 Å². The van der Waals surface area contributed by atoms with E-state index in [0.29, 0.717) is 12.4 Å². The van der Waals surface area contributed by atoms with Gasteiger partial charge in [0.15, 0.2) is 6.61 Å². The summed E-state index contributed by atoms with van der Waals surface area (Å²) in [6.07, 6.45) is 0. The average Bonchev–Trinajstić information content (AvgIpc) is 2.48. The minimum atomic E-state index is -0.320. The molecule has 2 rings (SSSR count). The van der Waals surface area contributed by atoms with E-state index in [4.69, 9.17) is 9.57 Å². The van der Waals surface area contributed by atoms with Crippen LogP contribution in [0.4, 0.5) is 0 Å². The third kappa shape index (κ3) is 5.18. The van der Waals surface area contributed by atoms with Crippen molar-refractivity contribution < 1.29 is 14.4 Å². The van der Waals surface area contributed by atoms with Crippen LogP contribution < -0.4 is 10.2 Å². The van der Waals surface area contributed by atoms with E-state index in [1.165, 1.54) is 0 Å². The third-order valence-corrected chi connectivity index (χ3v) is 3.17. The van der Waals surface area contributed by atoms with Crippen molar-refractivity contribution in [1.82, 2.24) is 5.48 Å². The Hall–Kier alpha value is -1.60. The number of ether oxygens (including phenoxy) is 1. The van der Waals surface area contributed by atoms with Crippen LogP contribution >= 0.6 is 22.6 Å². The number of carbonyl (C=O) groups is 1. The van der Waals surface area contributed by atoms with Gasteiger partial charge >= 0.3 is 0 Å². The number of hydrogen-bond donors (Lipinski definition) is 1. The van der Waals surface area contributed by atoms with Crippen molar-refractivity contribution in [1.29, 1.82) is 0 Å². The first-order valence-corrected chi connectivity index (χ1v) is 7.15. The minimum absolute atomic E-state index is 0.0740. The van der Waals surface area contributed by atoms with Crippen molar-refractivity contribution in [3.8, 4) is 5.75 Å². The highest BCUT2D eigenvalue weighted by Crippen LogP contribution is 2.13. The van der Waals surface area contributed by atoms with Crippen LogP contribution in [0.15, 0.2) is 54.6 Å². The lowest BCUT2D eigenvalue weighted by atomic mass is 10.2. The van der Waals surface area contributed by atoms with Gasteiger partial charge in [0, 0.05) is 3.57 Å². The number of rotatable bonds is 6. The Kier molecular flexibility index (Phi) is 5.82. The maximum absolute atomic E-state index is 11.5. The fraction of sp³-hybridized carbons (Fsp3) is 0.133. The molecule has 0 fully saturated rings. The first kappa shape index (κ1) is 14.8. The summed E-state index contributed by atoms with van der Waals surface area (Å²) in [5, 5.41) is 0. The van der Waals surface area contributed by atoms with Gasteiger partial charge < -0.3 is 4.74 Å². The number of amides is 1. The summed E-state index contributed by atoms with van der Waals surface area (Å²) >= 11 is 2.21. The monoisotopic (exact) mass is 383 g/mol. The Morgan fingerprint density at radius 3 is 2.45 bits per heavy atom. The second-order valence-corrected chi connectivity index (χ2v) is 5.29. The van der Waals surface area contributed by atoms with Crippen molar-refractivity contribution in [2.75, 3.05) is 6.61 Å². The maximum Gasteiger partial charge on any atom is 0.281 e. The molecule has 5 heteroatoms. The van der Waals surface area contributed by atoms with E-state index in [-0.39, 0.29) is 12.5 Å². The molecule has 1 N–H and O–H groups in total. The molecule has 0 heterocycles. The standard InChI is InChI=1S/C15H14INO3/c16-13-6-8-14(9-7-13)19-11-15(18)17-20-10-12-4-2-1-3-5-12/h1-9H,10-11H2,(H,17,18). The molecule has 1 amide bonds. The van der Waals surface area contributed by atoms with E-state index >= 15 is 0 Å². The predicted octanol–water partition coefficient (Wildman–Crippen LogP) is 2.92. The molecule has 0 unspecified atom stereocenters. The van der Waals surface area contributed by atoms with Gasteiger partial charge in [0.25, 0.3) is 5.91 Å². The van der Waals surface area contributed by atoms with Crippen molar-refractivity contribution >= 4 is 28.5 Å². The molecule has 2 aromatic rings. The molecule has 0 aliphatic heterocycles. The lowest BCUT2D eigenvalue weighted by Crippen LogP contribution is -2.28. The predicted molar refractivity (Wildman–Crippen MR) is 84.0 cm³/mol. The van der Waals surface area contributed by atoms with Crippen molar-refractivity contribution in [3.63, 3.8) is 0 Å². The highest BCUT2D eigenvalue weighted by molar-refractivity contribution is 14.1. The van der Waals surface area contributed by atoms with Crippen LogP contribution in [0, 0.1) is 3.57 Å². The van der Waals surface area contributed by atoms with E-state index < -0.39 is 0 Å². The second-order valence-electron chi connectivity index (χ2n) is 4.04. The van der Waals surface area contributed by atoms with E-state index in [9.17, 15) is 4.79 Å². The molecular weight excluding hydrogens is 369 g/mol. The number of nitrogens with one attached hydrogen (secondary N) is 1. The van der Waals surface area contributed by atoms with Crippen LogP contribution in [0.5, 0.6) is 5.75 Å². The van der Waals surface area contributed by atoms with Gasteiger partial charge in [-0.2, -0.15) is 0 Å². The van der Waals surface area contributed by atoms with Gasteiger partial charge in [0.2, 0.25) is 0 Å². The summed E-state index contributed by atoms with van der Waals surface area (Å²) in [4.78, 5) is 16.6. The molecule has 0 spiro atoms. The second kappa shape index (κ2) is 7.86. The van der Waals surface area contributed by atoms with Crippen LogP contribution in [0.3, 0.4) is 0 Å². The Balaban J connectivity index is 1.67. The minimum Gasteiger partial charge on any atom is -0.484 e. The molecule has 0 atom stereocenters. The quantitative estimate of drug-likeness (QED) is 0.617.